The largest absolute Gasteiger partial charge is 0.426 e. The highest BCUT2D eigenvalue weighted by molar-refractivity contribution is 8.78. The summed E-state index contributed by atoms with van der Waals surface area (Å²) in [6.45, 7) is 6.63. The molecule has 0 aliphatic rings. The molecule has 22 heavy (non-hydrogen) atoms. The van der Waals surface area contributed by atoms with Crippen LogP contribution in [0.3, 0.4) is 0 Å². The van der Waals surface area contributed by atoms with E-state index in [1.807, 2.05) is 0 Å². The summed E-state index contributed by atoms with van der Waals surface area (Å²) in [5.74, 6) is -0.0824. The van der Waals surface area contributed by atoms with Crippen molar-refractivity contribution in [2.75, 3.05) is 0 Å². The van der Waals surface area contributed by atoms with Crippen LogP contribution in [0.5, 0.6) is 0 Å². The molecule has 1 heterocycles. The van der Waals surface area contributed by atoms with Crippen LogP contribution in [-0.2, 0) is 9.53 Å². The first-order valence-corrected chi connectivity index (χ1v) is 8.26. The van der Waals surface area contributed by atoms with Gasteiger partial charge >= 0.3 is 11.7 Å². The number of carbonyl (C=O) groups excluding carboxylic acids is 1. The van der Waals surface area contributed by atoms with Gasteiger partial charge in [0.2, 0.25) is 0 Å². The zero-order valence-corrected chi connectivity index (χ0v) is 13.6. The van der Waals surface area contributed by atoms with Crippen molar-refractivity contribution in [2.45, 2.75) is 18.9 Å². The maximum absolute atomic E-state index is 11.1. The highest BCUT2D eigenvalue weighted by atomic mass is 33.1. The van der Waals surface area contributed by atoms with Gasteiger partial charge in [0, 0.05) is 19.2 Å². The first-order valence-electron chi connectivity index (χ1n) is 6.11. The predicted octanol–water partition coefficient (Wildman–Crippen LogP) is 4.27. The Bertz CT molecular complexity index is 641. The van der Waals surface area contributed by atoms with Crippen LogP contribution in [-0.4, -0.2) is 15.9 Å². The molecule has 0 saturated heterocycles. The van der Waals surface area contributed by atoms with Crippen LogP contribution >= 0.6 is 21.6 Å². The second kappa shape index (κ2) is 9.06. The molecule has 0 saturated carbocycles. The lowest BCUT2D eigenvalue weighted by Crippen LogP contribution is -1.99. The normalized spacial score (nSPS) is 11.9. The molecule has 0 radical (unpaired) electrons. The van der Waals surface area contributed by atoms with Crippen LogP contribution in [0, 0.1) is 10.1 Å². The van der Waals surface area contributed by atoms with Crippen molar-refractivity contribution in [3.8, 4) is 0 Å². The Morgan fingerprint density at radius 2 is 2.27 bits per heavy atom. The van der Waals surface area contributed by atoms with Gasteiger partial charge in [-0.3, -0.25) is 14.9 Å². The highest BCUT2D eigenvalue weighted by Crippen LogP contribution is 2.42. The third-order valence-electron chi connectivity index (χ3n) is 2.19. The Hall–Kier alpha value is -2.06. The van der Waals surface area contributed by atoms with Crippen molar-refractivity contribution in [2.24, 2.45) is 0 Å². The van der Waals surface area contributed by atoms with Gasteiger partial charge in [-0.25, -0.2) is 4.98 Å². The number of carbonyl (C=O) groups is 1. The molecule has 0 bridgehead atoms. The van der Waals surface area contributed by atoms with Crippen molar-refractivity contribution < 1.29 is 14.5 Å². The lowest BCUT2D eigenvalue weighted by atomic mass is 10.4. The number of esters is 1. The minimum absolute atomic E-state index is 0.0764. The molecule has 1 aromatic rings. The number of rotatable bonds is 7. The number of aromatic nitrogens is 1. The lowest BCUT2D eigenvalue weighted by molar-refractivity contribution is -0.388. The molecule has 6 nitrogen and oxygen atoms in total. The Balaban J connectivity index is 2.95. The maximum Gasteiger partial charge on any atom is 0.308 e. The molecule has 0 aliphatic carbocycles. The van der Waals surface area contributed by atoms with E-state index in [-0.39, 0.29) is 10.7 Å². The van der Waals surface area contributed by atoms with Crippen molar-refractivity contribution in [3.63, 3.8) is 0 Å². The summed E-state index contributed by atoms with van der Waals surface area (Å²) >= 11 is 0. The number of allylic oxidation sites excluding steroid dienone is 3. The standard InChI is InChI=1S/C14H14N2O4S2/c1-4-7-13(12(5-2)20-10(3)17)21-22-14-11(16(18)19)8-6-9-15-14/h4-9H,1H2,2-3H3/b12-5+,13-7+. The monoisotopic (exact) mass is 338 g/mol. The number of ether oxygens (including phenoxy) is 1. The topological polar surface area (TPSA) is 82.3 Å². The fourth-order valence-electron chi connectivity index (χ4n) is 1.33. The molecule has 0 unspecified atom stereocenters. The SMILES string of the molecule is C=C/C=C(SSc1ncccc1[N+](=O)[O-])\C(=C/C)OC(C)=O. The van der Waals surface area contributed by atoms with E-state index in [0.717, 1.165) is 10.8 Å². The third-order valence-corrected chi connectivity index (χ3v) is 4.52. The molecular formula is C14H14N2O4S2. The molecular weight excluding hydrogens is 324 g/mol. The Morgan fingerprint density at radius 3 is 2.82 bits per heavy atom. The fraction of sp³-hybridized carbons (Fsp3) is 0.143. The zero-order valence-electron chi connectivity index (χ0n) is 12.0. The summed E-state index contributed by atoms with van der Waals surface area (Å²) in [7, 11) is 2.31. The van der Waals surface area contributed by atoms with Crippen molar-refractivity contribution in [1.29, 1.82) is 0 Å². The third kappa shape index (κ3) is 5.38. The van der Waals surface area contributed by atoms with Gasteiger partial charge in [0.15, 0.2) is 5.03 Å². The van der Waals surface area contributed by atoms with Gasteiger partial charge in [-0.2, -0.15) is 0 Å². The van der Waals surface area contributed by atoms with E-state index in [0.29, 0.717) is 10.7 Å². The molecule has 8 heteroatoms. The Morgan fingerprint density at radius 1 is 1.55 bits per heavy atom. The quantitative estimate of drug-likeness (QED) is 0.183. The van der Waals surface area contributed by atoms with Gasteiger partial charge in [-0.15, -0.1) is 0 Å². The van der Waals surface area contributed by atoms with E-state index in [1.54, 1.807) is 25.2 Å². The summed E-state index contributed by atoms with van der Waals surface area (Å²) in [5, 5.41) is 11.2. The predicted molar refractivity (Wildman–Crippen MR) is 88.1 cm³/mol. The summed E-state index contributed by atoms with van der Waals surface area (Å²) in [6.07, 6.45) is 6.32. The number of hydrogen-bond donors (Lipinski definition) is 0. The van der Waals surface area contributed by atoms with Gasteiger partial charge in [0.25, 0.3) is 0 Å². The molecule has 0 fully saturated rings. The van der Waals surface area contributed by atoms with Crippen LogP contribution in [0.25, 0.3) is 0 Å². The van der Waals surface area contributed by atoms with Gasteiger partial charge in [-0.05, 0) is 46.7 Å². The molecule has 0 N–H and O–H groups in total. The number of hydrogen-bond acceptors (Lipinski definition) is 7. The molecule has 0 aliphatic heterocycles. The second-order valence-corrected chi connectivity index (χ2v) is 5.92. The van der Waals surface area contributed by atoms with Gasteiger partial charge < -0.3 is 4.74 Å². The summed E-state index contributed by atoms with van der Waals surface area (Å²) < 4.78 is 5.10. The molecule has 0 amide bonds. The first-order chi connectivity index (χ1) is 10.5. The number of nitrogens with zero attached hydrogens (tertiary/aromatic N) is 2. The Kier molecular flexibility index (Phi) is 7.41. The molecule has 0 spiro atoms. The first kappa shape index (κ1) is 18.0. The smallest absolute Gasteiger partial charge is 0.308 e. The van der Waals surface area contributed by atoms with Crippen LogP contribution in [0.15, 0.2) is 58.8 Å². The average molecular weight is 338 g/mol. The molecule has 0 aromatic carbocycles. The van der Waals surface area contributed by atoms with Crippen molar-refractivity contribution in [1.82, 2.24) is 4.98 Å². The van der Waals surface area contributed by atoms with E-state index < -0.39 is 10.9 Å². The summed E-state index contributed by atoms with van der Waals surface area (Å²) in [4.78, 5) is 26.2. The number of pyridine rings is 1. The van der Waals surface area contributed by atoms with Crippen LogP contribution in [0.2, 0.25) is 0 Å². The zero-order chi connectivity index (χ0) is 16.5. The lowest BCUT2D eigenvalue weighted by Gasteiger charge is -2.09. The molecule has 116 valence electrons. The Labute approximate surface area is 135 Å². The molecule has 1 aromatic heterocycles. The minimum atomic E-state index is -0.491. The maximum atomic E-state index is 11.1. The summed E-state index contributed by atoms with van der Waals surface area (Å²) in [6, 6.07) is 2.89. The molecule has 0 atom stereocenters. The van der Waals surface area contributed by atoms with E-state index >= 15 is 0 Å². The van der Waals surface area contributed by atoms with Crippen LogP contribution < -0.4 is 0 Å². The van der Waals surface area contributed by atoms with E-state index in [2.05, 4.69) is 11.6 Å². The highest BCUT2D eigenvalue weighted by Gasteiger charge is 2.17. The van der Waals surface area contributed by atoms with E-state index in [4.69, 9.17) is 4.74 Å². The van der Waals surface area contributed by atoms with Crippen molar-refractivity contribution in [3.05, 3.63) is 63.9 Å². The van der Waals surface area contributed by atoms with Gasteiger partial charge in [-0.1, -0.05) is 12.7 Å². The minimum Gasteiger partial charge on any atom is -0.426 e. The molecule has 1 rings (SSSR count). The van der Waals surface area contributed by atoms with Crippen molar-refractivity contribution >= 4 is 33.2 Å². The average Bonchev–Trinajstić information content (AvgIpc) is 2.49. The van der Waals surface area contributed by atoms with Gasteiger partial charge in [0.05, 0.1) is 9.83 Å². The fourth-order valence-corrected chi connectivity index (χ4v) is 3.53. The van der Waals surface area contributed by atoms with E-state index in [9.17, 15) is 14.9 Å². The van der Waals surface area contributed by atoms with E-state index in [1.165, 1.54) is 36.0 Å². The van der Waals surface area contributed by atoms with Gasteiger partial charge in [0.1, 0.15) is 5.76 Å². The second-order valence-electron chi connectivity index (χ2n) is 3.76. The number of nitro groups is 1. The van der Waals surface area contributed by atoms with Crippen LogP contribution in [0.4, 0.5) is 5.69 Å². The summed E-state index contributed by atoms with van der Waals surface area (Å²) in [5.41, 5.74) is -0.0764. The van der Waals surface area contributed by atoms with Crippen LogP contribution in [0.1, 0.15) is 13.8 Å².